The van der Waals surface area contributed by atoms with Gasteiger partial charge in [-0.15, -0.1) is 0 Å². The molecule has 1 atom stereocenters. The second-order valence-corrected chi connectivity index (χ2v) is 5.73. The number of rotatable bonds is 5. The second kappa shape index (κ2) is 6.39. The van der Waals surface area contributed by atoms with E-state index in [-0.39, 0.29) is 5.91 Å². The van der Waals surface area contributed by atoms with Crippen molar-refractivity contribution in [2.24, 2.45) is 5.73 Å². The van der Waals surface area contributed by atoms with Gasteiger partial charge >= 0.3 is 0 Å². The molecule has 1 fully saturated rings. The summed E-state index contributed by atoms with van der Waals surface area (Å²) in [6.07, 6.45) is 4.63. The topological polar surface area (TPSA) is 64.3 Å². The third kappa shape index (κ3) is 3.48. The molecule has 3 N–H and O–H groups in total. The van der Waals surface area contributed by atoms with Crippen LogP contribution in [0.3, 0.4) is 0 Å². The van der Waals surface area contributed by atoms with Crippen LogP contribution in [0.25, 0.3) is 0 Å². The lowest BCUT2D eigenvalue weighted by molar-refractivity contribution is -0.120. The molecule has 4 nitrogen and oxygen atoms in total. The Bertz CT molecular complexity index is 459. The smallest absolute Gasteiger partial charge is 0.239 e. The van der Waals surface area contributed by atoms with Crippen LogP contribution < -0.4 is 15.8 Å². The maximum atomic E-state index is 11.7. The number of halogens is 1. The molecule has 1 aliphatic rings. The zero-order chi connectivity index (χ0) is 13.8. The lowest BCUT2D eigenvalue weighted by atomic mass is 10.0. The molecule has 2 rings (SSSR count). The van der Waals surface area contributed by atoms with Gasteiger partial charge < -0.3 is 10.5 Å². The Hall–Kier alpha value is -1.07. The molecule has 1 saturated carbocycles. The van der Waals surface area contributed by atoms with E-state index in [1.54, 1.807) is 7.11 Å². The number of ether oxygens (including phenoxy) is 1. The van der Waals surface area contributed by atoms with Crippen molar-refractivity contribution >= 4 is 21.8 Å². The summed E-state index contributed by atoms with van der Waals surface area (Å²) in [4.78, 5) is 11.7. The number of amides is 1. The first-order chi connectivity index (χ1) is 9.11. The van der Waals surface area contributed by atoms with E-state index in [9.17, 15) is 4.79 Å². The van der Waals surface area contributed by atoms with Crippen LogP contribution >= 0.6 is 15.9 Å². The molecule has 0 saturated heterocycles. The molecule has 1 amide bonds. The van der Waals surface area contributed by atoms with Gasteiger partial charge in [-0.05, 0) is 36.6 Å². The minimum Gasteiger partial charge on any atom is -0.497 e. The number of carbonyl (C=O) groups excluding carboxylic acids is 1. The number of methoxy groups -OCH3 is 1. The fourth-order valence-electron chi connectivity index (χ4n) is 2.52. The molecule has 0 radical (unpaired) electrons. The summed E-state index contributed by atoms with van der Waals surface area (Å²) >= 11 is 3.47. The van der Waals surface area contributed by atoms with E-state index < -0.39 is 6.04 Å². The Kier molecular flexibility index (Phi) is 4.82. The number of primary amides is 1. The molecule has 104 valence electrons. The molecule has 1 aromatic carbocycles. The molecule has 1 aromatic rings. The predicted octanol–water partition coefficient (Wildman–Crippen LogP) is 2.52. The van der Waals surface area contributed by atoms with Crippen molar-refractivity contribution in [3.8, 4) is 5.75 Å². The van der Waals surface area contributed by atoms with Crippen LogP contribution in [-0.2, 0) is 4.79 Å². The summed E-state index contributed by atoms with van der Waals surface area (Å²) in [5, 5.41) is 3.36. The van der Waals surface area contributed by atoms with Crippen LogP contribution in [-0.4, -0.2) is 19.1 Å². The predicted molar refractivity (Wildman–Crippen MR) is 78.0 cm³/mol. The summed E-state index contributed by atoms with van der Waals surface area (Å²) in [5.74, 6) is 0.360. The van der Waals surface area contributed by atoms with Gasteiger partial charge in [0.05, 0.1) is 7.11 Å². The monoisotopic (exact) mass is 326 g/mol. The lowest BCUT2D eigenvalue weighted by Gasteiger charge is -2.22. The Morgan fingerprint density at radius 1 is 1.47 bits per heavy atom. The normalized spacial score (nSPS) is 17.4. The number of nitrogens with one attached hydrogen (secondary N) is 1. The molecule has 0 bridgehead atoms. The van der Waals surface area contributed by atoms with Crippen molar-refractivity contribution in [1.29, 1.82) is 0 Å². The first-order valence-electron chi connectivity index (χ1n) is 6.50. The van der Waals surface area contributed by atoms with E-state index in [0.29, 0.717) is 6.04 Å². The van der Waals surface area contributed by atoms with Gasteiger partial charge in [0.25, 0.3) is 0 Å². The maximum Gasteiger partial charge on any atom is 0.239 e. The minimum atomic E-state index is -0.479. The van der Waals surface area contributed by atoms with Gasteiger partial charge in [0.1, 0.15) is 11.8 Å². The highest BCUT2D eigenvalue weighted by Crippen LogP contribution is 2.29. The Balaban J connectivity index is 2.24. The highest BCUT2D eigenvalue weighted by atomic mass is 79.9. The lowest BCUT2D eigenvalue weighted by Crippen LogP contribution is -2.39. The van der Waals surface area contributed by atoms with Gasteiger partial charge in [-0.3, -0.25) is 10.1 Å². The molecule has 0 heterocycles. The van der Waals surface area contributed by atoms with Crippen LogP contribution in [0.5, 0.6) is 5.75 Å². The van der Waals surface area contributed by atoms with E-state index in [1.165, 1.54) is 12.8 Å². The molecule has 1 aliphatic carbocycles. The van der Waals surface area contributed by atoms with Crippen molar-refractivity contribution in [3.05, 3.63) is 28.2 Å². The zero-order valence-electron chi connectivity index (χ0n) is 11.0. The van der Waals surface area contributed by atoms with Crippen LogP contribution in [0, 0.1) is 0 Å². The average molecular weight is 327 g/mol. The number of nitrogens with two attached hydrogens (primary N) is 1. The quantitative estimate of drug-likeness (QED) is 0.873. The fourth-order valence-corrected chi connectivity index (χ4v) is 3.00. The first-order valence-corrected chi connectivity index (χ1v) is 7.30. The summed E-state index contributed by atoms with van der Waals surface area (Å²) < 4.78 is 6.07. The summed E-state index contributed by atoms with van der Waals surface area (Å²) in [6.45, 7) is 0. The number of hydrogen-bond donors (Lipinski definition) is 2. The minimum absolute atomic E-state index is 0.360. The van der Waals surface area contributed by atoms with Crippen molar-refractivity contribution < 1.29 is 9.53 Å². The average Bonchev–Trinajstić information content (AvgIpc) is 2.89. The summed E-state index contributed by atoms with van der Waals surface area (Å²) in [6, 6.07) is 5.46. The summed E-state index contributed by atoms with van der Waals surface area (Å²) in [7, 11) is 1.61. The Morgan fingerprint density at radius 3 is 2.74 bits per heavy atom. The van der Waals surface area contributed by atoms with Crippen molar-refractivity contribution in [3.63, 3.8) is 0 Å². The number of hydrogen-bond acceptors (Lipinski definition) is 3. The zero-order valence-corrected chi connectivity index (χ0v) is 12.6. The van der Waals surface area contributed by atoms with Gasteiger partial charge in [0.15, 0.2) is 0 Å². The number of carbonyl (C=O) groups is 1. The van der Waals surface area contributed by atoms with Crippen molar-refractivity contribution in [1.82, 2.24) is 5.32 Å². The standard InChI is InChI=1S/C14H19BrN2O2/c1-19-10-6-7-12(15)11(8-10)13(14(16)18)17-9-4-2-3-5-9/h6-9,13,17H,2-5H2,1H3,(H2,16,18). The second-order valence-electron chi connectivity index (χ2n) is 4.87. The Labute approximate surface area is 121 Å². The van der Waals surface area contributed by atoms with Crippen molar-refractivity contribution in [2.45, 2.75) is 37.8 Å². The SMILES string of the molecule is COc1ccc(Br)c(C(NC2CCCC2)C(N)=O)c1. The first kappa shape index (κ1) is 14.3. The highest BCUT2D eigenvalue weighted by molar-refractivity contribution is 9.10. The van der Waals surface area contributed by atoms with Gasteiger partial charge in [-0.1, -0.05) is 28.8 Å². The van der Waals surface area contributed by atoms with E-state index in [0.717, 1.165) is 28.6 Å². The van der Waals surface area contributed by atoms with E-state index in [2.05, 4.69) is 21.2 Å². The van der Waals surface area contributed by atoms with Gasteiger partial charge in [-0.2, -0.15) is 0 Å². The van der Waals surface area contributed by atoms with Crippen LogP contribution in [0.15, 0.2) is 22.7 Å². The molecular formula is C14H19BrN2O2. The van der Waals surface area contributed by atoms with Gasteiger partial charge in [0.2, 0.25) is 5.91 Å². The van der Waals surface area contributed by atoms with E-state index in [4.69, 9.17) is 10.5 Å². The van der Waals surface area contributed by atoms with Crippen LogP contribution in [0.4, 0.5) is 0 Å². The third-order valence-corrected chi connectivity index (χ3v) is 4.28. The molecule has 1 unspecified atom stereocenters. The molecular weight excluding hydrogens is 308 g/mol. The molecule has 0 spiro atoms. The largest absolute Gasteiger partial charge is 0.497 e. The van der Waals surface area contributed by atoms with Crippen molar-refractivity contribution in [2.75, 3.05) is 7.11 Å². The summed E-state index contributed by atoms with van der Waals surface area (Å²) in [5.41, 5.74) is 6.38. The van der Waals surface area contributed by atoms with E-state index >= 15 is 0 Å². The molecule has 0 aliphatic heterocycles. The fraction of sp³-hybridized carbons (Fsp3) is 0.500. The molecule has 19 heavy (non-hydrogen) atoms. The Morgan fingerprint density at radius 2 is 2.16 bits per heavy atom. The van der Waals surface area contributed by atoms with Crippen LogP contribution in [0.2, 0.25) is 0 Å². The maximum absolute atomic E-state index is 11.7. The number of benzene rings is 1. The van der Waals surface area contributed by atoms with Gasteiger partial charge in [-0.25, -0.2) is 0 Å². The van der Waals surface area contributed by atoms with E-state index in [1.807, 2.05) is 18.2 Å². The highest BCUT2D eigenvalue weighted by Gasteiger charge is 2.25. The molecule has 0 aromatic heterocycles. The van der Waals surface area contributed by atoms with Gasteiger partial charge in [0, 0.05) is 10.5 Å². The molecule has 5 heteroatoms. The third-order valence-electron chi connectivity index (χ3n) is 3.56. The van der Waals surface area contributed by atoms with Crippen LogP contribution in [0.1, 0.15) is 37.3 Å².